The third kappa shape index (κ3) is 2.21. The van der Waals surface area contributed by atoms with Crippen LogP contribution in [-0.2, 0) is 0 Å². The van der Waals surface area contributed by atoms with E-state index in [4.69, 9.17) is 0 Å². The molecule has 16 heavy (non-hydrogen) atoms. The maximum atomic E-state index is 4.45. The van der Waals surface area contributed by atoms with Gasteiger partial charge in [0.2, 0.25) is 5.95 Å². The number of nitrogens with one attached hydrogen (secondary N) is 1. The Kier molecular flexibility index (Phi) is 3.19. The van der Waals surface area contributed by atoms with Crippen molar-refractivity contribution in [1.82, 2.24) is 14.5 Å². The first-order valence-electron chi connectivity index (χ1n) is 5.51. The molecule has 2 aromatic heterocycles. The topological polar surface area (TPSA) is 42.7 Å². The summed E-state index contributed by atoms with van der Waals surface area (Å²) < 4.78 is 2.03. The van der Waals surface area contributed by atoms with Crippen LogP contribution in [0.1, 0.15) is 19.0 Å². The number of anilines is 1. The van der Waals surface area contributed by atoms with Crippen molar-refractivity contribution in [1.29, 1.82) is 0 Å². The standard InChI is InChI=1S/C12H16N4/c1-3-6-14-12-15-10(2)9-16(12)11-5-4-7-13-8-11/h4-5,7-9H,3,6H2,1-2H3,(H,14,15). The van der Waals surface area contributed by atoms with Crippen LogP contribution in [0.5, 0.6) is 0 Å². The molecular formula is C12H16N4. The molecule has 0 saturated carbocycles. The molecule has 0 aliphatic rings. The molecule has 0 aliphatic carbocycles. The highest BCUT2D eigenvalue weighted by Gasteiger charge is 2.06. The van der Waals surface area contributed by atoms with Crippen LogP contribution in [0, 0.1) is 6.92 Å². The van der Waals surface area contributed by atoms with Gasteiger partial charge in [-0.15, -0.1) is 0 Å². The molecule has 84 valence electrons. The number of nitrogens with zero attached hydrogens (tertiary/aromatic N) is 3. The fourth-order valence-electron chi connectivity index (χ4n) is 1.55. The molecule has 0 atom stereocenters. The molecule has 0 unspecified atom stereocenters. The molecule has 2 rings (SSSR count). The smallest absolute Gasteiger partial charge is 0.207 e. The van der Waals surface area contributed by atoms with E-state index in [2.05, 4.69) is 22.2 Å². The minimum absolute atomic E-state index is 0.882. The van der Waals surface area contributed by atoms with Crippen molar-refractivity contribution >= 4 is 5.95 Å². The largest absolute Gasteiger partial charge is 0.355 e. The Bertz CT molecular complexity index is 447. The third-order valence-corrected chi connectivity index (χ3v) is 2.28. The van der Waals surface area contributed by atoms with Gasteiger partial charge in [-0.05, 0) is 25.5 Å². The normalized spacial score (nSPS) is 10.4. The molecule has 0 saturated heterocycles. The molecule has 4 heteroatoms. The zero-order chi connectivity index (χ0) is 11.4. The Balaban J connectivity index is 2.33. The highest BCUT2D eigenvalue weighted by atomic mass is 15.2. The lowest BCUT2D eigenvalue weighted by Gasteiger charge is -2.07. The Morgan fingerprint density at radius 2 is 2.31 bits per heavy atom. The quantitative estimate of drug-likeness (QED) is 0.853. The van der Waals surface area contributed by atoms with E-state index in [9.17, 15) is 0 Å². The number of imidazole rings is 1. The van der Waals surface area contributed by atoms with Crippen LogP contribution >= 0.6 is 0 Å². The minimum Gasteiger partial charge on any atom is -0.355 e. The summed E-state index contributed by atoms with van der Waals surface area (Å²) in [7, 11) is 0. The van der Waals surface area contributed by atoms with Crippen molar-refractivity contribution in [3.63, 3.8) is 0 Å². The lowest BCUT2D eigenvalue weighted by Crippen LogP contribution is -2.06. The lowest BCUT2D eigenvalue weighted by atomic mass is 10.4. The van der Waals surface area contributed by atoms with E-state index in [1.165, 1.54) is 0 Å². The van der Waals surface area contributed by atoms with Gasteiger partial charge in [0.25, 0.3) is 0 Å². The summed E-state index contributed by atoms with van der Waals surface area (Å²) in [6, 6.07) is 3.94. The van der Waals surface area contributed by atoms with E-state index in [-0.39, 0.29) is 0 Å². The maximum absolute atomic E-state index is 4.45. The number of aromatic nitrogens is 3. The van der Waals surface area contributed by atoms with E-state index >= 15 is 0 Å². The molecule has 0 spiro atoms. The van der Waals surface area contributed by atoms with E-state index in [1.807, 2.05) is 36.0 Å². The van der Waals surface area contributed by atoms with Crippen molar-refractivity contribution in [3.8, 4) is 5.69 Å². The van der Waals surface area contributed by atoms with Crippen LogP contribution < -0.4 is 5.32 Å². The molecule has 0 aromatic carbocycles. The van der Waals surface area contributed by atoms with Crippen LogP contribution in [0.15, 0.2) is 30.7 Å². The first kappa shape index (κ1) is 10.7. The Labute approximate surface area is 95.4 Å². The second-order valence-electron chi connectivity index (χ2n) is 3.71. The van der Waals surface area contributed by atoms with Crippen LogP contribution in [-0.4, -0.2) is 21.1 Å². The van der Waals surface area contributed by atoms with Crippen molar-refractivity contribution in [2.75, 3.05) is 11.9 Å². The number of hydrogen-bond donors (Lipinski definition) is 1. The van der Waals surface area contributed by atoms with Gasteiger partial charge in [0.15, 0.2) is 0 Å². The fourth-order valence-corrected chi connectivity index (χ4v) is 1.55. The van der Waals surface area contributed by atoms with Crippen molar-refractivity contribution < 1.29 is 0 Å². The van der Waals surface area contributed by atoms with Crippen LogP contribution in [0.4, 0.5) is 5.95 Å². The SMILES string of the molecule is CCCNc1nc(C)cn1-c1cccnc1. The number of aryl methyl sites for hydroxylation is 1. The zero-order valence-corrected chi connectivity index (χ0v) is 9.64. The molecule has 1 N–H and O–H groups in total. The Hall–Kier alpha value is -1.84. The minimum atomic E-state index is 0.882. The summed E-state index contributed by atoms with van der Waals surface area (Å²) in [5.74, 6) is 0.882. The summed E-state index contributed by atoms with van der Waals surface area (Å²) in [5.41, 5.74) is 2.03. The average Bonchev–Trinajstić information content (AvgIpc) is 2.69. The van der Waals surface area contributed by atoms with Crippen molar-refractivity contribution in [3.05, 3.63) is 36.4 Å². The summed E-state index contributed by atoms with van der Waals surface area (Å²) in [4.78, 5) is 8.56. The molecule has 0 aliphatic heterocycles. The molecule has 0 radical (unpaired) electrons. The fraction of sp³-hybridized carbons (Fsp3) is 0.333. The number of hydrogen-bond acceptors (Lipinski definition) is 3. The van der Waals surface area contributed by atoms with Gasteiger partial charge < -0.3 is 5.32 Å². The highest BCUT2D eigenvalue weighted by Crippen LogP contribution is 2.15. The van der Waals surface area contributed by atoms with Gasteiger partial charge in [-0.3, -0.25) is 9.55 Å². The monoisotopic (exact) mass is 216 g/mol. The number of rotatable bonds is 4. The predicted molar refractivity (Wildman–Crippen MR) is 64.9 cm³/mol. The van der Waals surface area contributed by atoms with Gasteiger partial charge >= 0.3 is 0 Å². The van der Waals surface area contributed by atoms with E-state index < -0.39 is 0 Å². The van der Waals surface area contributed by atoms with Gasteiger partial charge in [-0.2, -0.15) is 0 Å². The summed E-state index contributed by atoms with van der Waals surface area (Å²) >= 11 is 0. The third-order valence-electron chi connectivity index (χ3n) is 2.28. The lowest BCUT2D eigenvalue weighted by molar-refractivity contribution is 0.934. The van der Waals surface area contributed by atoms with E-state index in [1.54, 1.807) is 6.20 Å². The maximum Gasteiger partial charge on any atom is 0.207 e. The van der Waals surface area contributed by atoms with E-state index in [0.717, 1.165) is 30.3 Å². The van der Waals surface area contributed by atoms with Crippen molar-refractivity contribution in [2.24, 2.45) is 0 Å². The molecule has 2 aromatic rings. The first-order valence-corrected chi connectivity index (χ1v) is 5.51. The predicted octanol–water partition coefficient (Wildman–Crippen LogP) is 2.40. The molecular weight excluding hydrogens is 200 g/mol. The number of pyridine rings is 1. The summed E-state index contributed by atoms with van der Waals surface area (Å²) in [5, 5.41) is 3.31. The molecule has 0 bridgehead atoms. The van der Waals surface area contributed by atoms with Crippen LogP contribution in [0.3, 0.4) is 0 Å². The first-order chi connectivity index (χ1) is 7.81. The van der Waals surface area contributed by atoms with E-state index in [0.29, 0.717) is 0 Å². The van der Waals surface area contributed by atoms with Gasteiger partial charge in [0, 0.05) is 18.9 Å². The highest BCUT2D eigenvalue weighted by molar-refractivity contribution is 5.41. The van der Waals surface area contributed by atoms with Crippen LogP contribution in [0.25, 0.3) is 5.69 Å². The summed E-state index contributed by atoms with van der Waals surface area (Å²) in [6.07, 6.45) is 6.69. The molecule has 0 fully saturated rings. The average molecular weight is 216 g/mol. The Morgan fingerprint density at radius 1 is 1.44 bits per heavy atom. The second kappa shape index (κ2) is 4.79. The van der Waals surface area contributed by atoms with Crippen LogP contribution in [0.2, 0.25) is 0 Å². The summed E-state index contributed by atoms with van der Waals surface area (Å²) in [6.45, 7) is 5.05. The molecule has 2 heterocycles. The van der Waals surface area contributed by atoms with Gasteiger partial charge in [-0.1, -0.05) is 6.92 Å². The molecule has 4 nitrogen and oxygen atoms in total. The molecule has 0 amide bonds. The van der Waals surface area contributed by atoms with Gasteiger partial charge in [-0.25, -0.2) is 4.98 Å². The Morgan fingerprint density at radius 3 is 3.00 bits per heavy atom. The van der Waals surface area contributed by atoms with Gasteiger partial charge in [0.1, 0.15) is 0 Å². The second-order valence-corrected chi connectivity index (χ2v) is 3.71. The van der Waals surface area contributed by atoms with Gasteiger partial charge in [0.05, 0.1) is 17.6 Å². The zero-order valence-electron chi connectivity index (χ0n) is 9.64. The van der Waals surface area contributed by atoms with Crippen molar-refractivity contribution in [2.45, 2.75) is 20.3 Å².